The van der Waals surface area contributed by atoms with Crippen LogP contribution in [0.1, 0.15) is 44.2 Å². The van der Waals surface area contributed by atoms with E-state index < -0.39 is 0 Å². The second-order valence-corrected chi connectivity index (χ2v) is 6.71. The Hall–Kier alpha value is -1.91. The van der Waals surface area contributed by atoms with Crippen LogP contribution in [-0.4, -0.2) is 46.7 Å². The van der Waals surface area contributed by atoms with Gasteiger partial charge < -0.3 is 9.80 Å². The van der Waals surface area contributed by atoms with E-state index >= 15 is 0 Å². The molecule has 5 nitrogen and oxygen atoms in total. The summed E-state index contributed by atoms with van der Waals surface area (Å²) in [6, 6.07) is 3.64. The van der Waals surface area contributed by atoms with Crippen LogP contribution >= 0.6 is 0 Å². The van der Waals surface area contributed by atoms with Crippen molar-refractivity contribution in [1.82, 2.24) is 14.8 Å². The summed E-state index contributed by atoms with van der Waals surface area (Å²) in [6.07, 6.45) is 7.47. The number of hydrogen-bond acceptors (Lipinski definition) is 3. The van der Waals surface area contributed by atoms with Crippen LogP contribution in [0.2, 0.25) is 0 Å². The summed E-state index contributed by atoms with van der Waals surface area (Å²) in [5, 5.41) is 0. The number of likely N-dealkylation sites (tertiary alicyclic amines) is 1. The van der Waals surface area contributed by atoms with Gasteiger partial charge in [-0.15, -0.1) is 0 Å². The van der Waals surface area contributed by atoms with E-state index in [1.807, 2.05) is 35.9 Å². The van der Waals surface area contributed by atoms with Gasteiger partial charge in [0.1, 0.15) is 0 Å². The SMILES string of the molecule is CCN1C(=O)C[C@H](C(=O)N(C)CCC2CC2)[C@H]1c1cccnc1. The van der Waals surface area contributed by atoms with Crippen molar-refractivity contribution in [3.8, 4) is 0 Å². The Labute approximate surface area is 137 Å². The van der Waals surface area contributed by atoms with Crippen molar-refractivity contribution in [2.75, 3.05) is 20.1 Å². The minimum Gasteiger partial charge on any atom is -0.345 e. The first-order valence-electron chi connectivity index (χ1n) is 8.56. The number of rotatable bonds is 6. The van der Waals surface area contributed by atoms with E-state index in [0.29, 0.717) is 13.0 Å². The largest absolute Gasteiger partial charge is 0.345 e. The molecular weight excluding hydrogens is 290 g/mol. The molecule has 0 aromatic carbocycles. The molecule has 1 aromatic heterocycles. The average Bonchev–Trinajstić information content (AvgIpc) is 3.34. The molecule has 1 saturated carbocycles. The van der Waals surface area contributed by atoms with Crippen molar-refractivity contribution in [3.63, 3.8) is 0 Å². The van der Waals surface area contributed by atoms with Gasteiger partial charge in [-0.05, 0) is 30.9 Å². The zero-order valence-corrected chi connectivity index (χ0v) is 13.9. The number of nitrogens with zero attached hydrogens (tertiary/aromatic N) is 3. The summed E-state index contributed by atoms with van der Waals surface area (Å²) in [7, 11) is 1.87. The van der Waals surface area contributed by atoms with Gasteiger partial charge in [-0.1, -0.05) is 18.9 Å². The van der Waals surface area contributed by atoms with E-state index in [-0.39, 0.29) is 23.8 Å². The Balaban J connectivity index is 1.77. The minimum atomic E-state index is -0.296. The predicted molar refractivity (Wildman–Crippen MR) is 87.5 cm³/mol. The van der Waals surface area contributed by atoms with Crippen LogP contribution < -0.4 is 0 Å². The van der Waals surface area contributed by atoms with Gasteiger partial charge in [0.05, 0.1) is 12.0 Å². The molecule has 0 spiro atoms. The van der Waals surface area contributed by atoms with E-state index in [9.17, 15) is 9.59 Å². The fourth-order valence-corrected chi connectivity index (χ4v) is 3.52. The molecule has 3 rings (SSSR count). The molecule has 2 amide bonds. The van der Waals surface area contributed by atoms with E-state index in [1.165, 1.54) is 12.8 Å². The molecule has 2 atom stereocenters. The maximum atomic E-state index is 12.9. The summed E-state index contributed by atoms with van der Waals surface area (Å²) < 4.78 is 0. The van der Waals surface area contributed by atoms with Crippen molar-refractivity contribution in [1.29, 1.82) is 0 Å². The van der Waals surface area contributed by atoms with Crippen LogP contribution in [0.4, 0.5) is 0 Å². The second-order valence-electron chi connectivity index (χ2n) is 6.71. The van der Waals surface area contributed by atoms with E-state index in [1.54, 1.807) is 12.4 Å². The number of amides is 2. The van der Waals surface area contributed by atoms with Crippen molar-refractivity contribution in [3.05, 3.63) is 30.1 Å². The smallest absolute Gasteiger partial charge is 0.228 e. The van der Waals surface area contributed by atoms with Crippen LogP contribution in [-0.2, 0) is 9.59 Å². The second kappa shape index (κ2) is 6.69. The molecule has 1 aromatic rings. The third kappa shape index (κ3) is 3.38. The first-order chi connectivity index (χ1) is 11.1. The van der Waals surface area contributed by atoms with Crippen LogP contribution in [0.5, 0.6) is 0 Å². The maximum Gasteiger partial charge on any atom is 0.228 e. The Bertz CT molecular complexity index is 571. The maximum absolute atomic E-state index is 12.9. The molecular formula is C18H25N3O2. The summed E-state index contributed by atoms with van der Waals surface area (Å²) in [5.41, 5.74) is 0.953. The first-order valence-corrected chi connectivity index (χ1v) is 8.56. The zero-order chi connectivity index (χ0) is 16.4. The highest BCUT2D eigenvalue weighted by Crippen LogP contribution is 2.39. The minimum absolute atomic E-state index is 0.0651. The monoisotopic (exact) mass is 315 g/mol. The zero-order valence-electron chi connectivity index (χ0n) is 13.9. The average molecular weight is 315 g/mol. The van der Waals surface area contributed by atoms with Crippen LogP contribution in [0.15, 0.2) is 24.5 Å². The fraction of sp³-hybridized carbons (Fsp3) is 0.611. The highest BCUT2D eigenvalue weighted by molar-refractivity contribution is 5.90. The van der Waals surface area contributed by atoms with Gasteiger partial charge in [-0.3, -0.25) is 14.6 Å². The first kappa shape index (κ1) is 16.0. The Morgan fingerprint density at radius 1 is 1.43 bits per heavy atom. The van der Waals surface area contributed by atoms with Gasteiger partial charge in [-0.25, -0.2) is 0 Å². The van der Waals surface area contributed by atoms with Crippen molar-refractivity contribution < 1.29 is 9.59 Å². The molecule has 1 aliphatic carbocycles. The van der Waals surface area contributed by atoms with Crippen molar-refractivity contribution >= 4 is 11.8 Å². The van der Waals surface area contributed by atoms with Gasteiger partial charge in [0.2, 0.25) is 11.8 Å². The Kier molecular flexibility index (Phi) is 4.64. The van der Waals surface area contributed by atoms with Gasteiger partial charge in [0, 0.05) is 39.0 Å². The number of carbonyl (C=O) groups excluding carboxylic acids is 2. The topological polar surface area (TPSA) is 53.5 Å². The molecule has 1 saturated heterocycles. The third-order valence-electron chi connectivity index (χ3n) is 5.06. The number of carbonyl (C=O) groups is 2. The van der Waals surface area contributed by atoms with E-state index in [4.69, 9.17) is 0 Å². The number of pyridine rings is 1. The quantitative estimate of drug-likeness (QED) is 0.809. The molecule has 0 radical (unpaired) electrons. The molecule has 0 bridgehead atoms. The molecule has 23 heavy (non-hydrogen) atoms. The van der Waals surface area contributed by atoms with Gasteiger partial charge in [0.15, 0.2) is 0 Å². The predicted octanol–water partition coefficient (Wildman–Crippen LogP) is 2.25. The molecule has 0 N–H and O–H groups in total. The highest BCUT2D eigenvalue weighted by Gasteiger charge is 2.44. The number of hydrogen-bond donors (Lipinski definition) is 0. The molecule has 2 aliphatic rings. The summed E-state index contributed by atoms with van der Waals surface area (Å²) >= 11 is 0. The van der Waals surface area contributed by atoms with E-state index in [0.717, 1.165) is 24.4 Å². The summed E-state index contributed by atoms with van der Waals surface area (Å²) in [6.45, 7) is 3.37. The molecule has 2 fully saturated rings. The van der Waals surface area contributed by atoms with Gasteiger partial charge >= 0.3 is 0 Å². The lowest BCUT2D eigenvalue weighted by molar-refractivity contribution is -0.135. The van der Waals surface area contributed by atoms with Crippen molar-refractivity contribution in [2.45, 2.75) is 38.6 Å². The standard InChI is InChI=1S/C18H25N3O2/c1-3-21-16(22)11-15(17(21)14-5-4-9-19-12-14)18(23)20(2)10-8-13-6-7-13/h4-5,9,12-13,15,17H,3,6-8,10-11H2,1-2H3/t15-,17+/m0/s1. The summed E-state index contributed by atoms with van der Waals surface area (Å²) in [4.78, 5) is 33.0. The van der Waals surface area contributed by atoms with Crippen molar-refractivity contribution in [2.24, 2.45) is 11.8 Å². The molecule has 5 heteroatoms. The summed E-state index contributed by atoms with van der Waals surface area (Å²) in [5.74, 6) is 0.659. The van der Waals surface area contributed by atoms with Crippen LogP contribution in [0.3, 0.4) is 0 Å². The highest BCUT2D eigenvalue weighted by atomic mass is 16.2. The van der Waals surface area contributed by atoms with E-state index in [2.05, 4.69) is 4.98 Å². The van der Waals surface area contributed by atoms with Crippen LogP contribution in [0, 0.1) is 11.8 Å². The lowest BCUT2D eigenvalue weighted by Crippen LogP contribution is -2.37. The molecule has 0 unspecified atom stereocenters. The Morgan fingerprint density at radius 3 is 2.83 bits per heavy atom. The molecule has 2 heterocycles. The number of aromatic nitrogens is 1. The lowest BCUT2D eigenvalue weighted by atomic mass is 9.93. The third-order valence-corrected chi connectivity index (χ3v) is 5.06. The van der Waals surface area contributed by atoms with Gasteiger partial charge in [0.25, 0.3) is 0 Å². The van der Waals surface area contributed by atoms with Crippen LogP contribution in [0.25, 0.3) is 0 Å². The molecule has 1 aliphatic heterocycles. The lowest BCUT2D eigenvalue weighted by Gasteiger charge is -2.29. The fourth-order valence-electron chi connectivity index (χ4n) is 3.52. The Morgan fingerprint density at radius 2 is 2.22 bits per heavy atom. The van der Waals surface area contributed by atoms with Gasteiger partial charge in [-0.2, -0.15) is 0 Å². The molecule has 124 valence electrons. The normalized spacial score (nSPS) is 24.1.